The maximum atomic E-state index is 13.9. The summed E-state index contributed by atoms with van der Waals surface area (Å²) in [4.78, 5) is 27.3. The Morgan fingerprint density at radius 1 is 1.33 bits per heavy atom. The maximum absolute atomic E-state index is 13.9. The lowest BCUT2D eigenvalue weighted by molar-refractivity contribution is -0.118. The highest BCUT2D eigenvalue weighted by molar-refractivity contribution is 5.95. The van der Waals surface area contributed by atoms with Gasteiger partial charge in [0.15, 0.2) is 0 Å². The molecule has 1 saturated heterocycles. The molecule has 5 nitrogen and oxygen atoms in total. The number of hydrogen-bond donors (Lipinski definition) is 1. The van der Waals surface area contributed by atoms with Gasteiger partial charge in [0.2, 0.25) is 5.91 Å². The summed E-state index contributed by atoms with van der Waals surface area (Å²) in [6.07, 6.45) is 1.11. The fraction of sp³-hybridized carbons (Fsp3) is 0.529. The van der Waals surface area contributed by atoms with Crippen LogP contribution in [0.2, 0.25) is 0 Å². The van der Waals surface area contributed by atoms with E-state index in [1.54, 1.807) is 4.90 Å². The van der Waals surface area contributed by atoms with Crippen LogP contribution >= 0.6 is 0 Å². The van der Waals surface area contributed by atoms with E-state index >= 15 is 0 Å². The number of likely N-dealkylation sites (tertiary alicyclic amines) is 1. The summed E-state index contributed by atoms with van der Waals surface area (Å²) in [6.45, 7) is 4.82. The van der Waals surface area contributed by atoms with E-state index in [-0.39, 0.29) is 29.6 Å². The molecule has 3 rings (SSSR count). The van der Waals surface area contributed by atoms with Crippen LogP contribution in [0.4, 0.5) is 19.3 Å². The monoisotopic (exact) mass is 337 g/mol. The van der Waals surface area contributed by atoms with E-state index in [0.29, 0.717) is 31.5 Å². The summed E-state index contributed by atoms with van der Waals surface area (Å²) in [5.74, 6) is -1.80. The van der Waals surface area contributed by atoms with Crippen LogP contribution in [0.25, 0.3) is 0 Å². The molecule has 1 unspecified atom stereocenters. The highest BCUT2D eigenvalue weighted by Gasteiger charge is 2.43. The summed E-state index contributed by atoms with van der Waals surface area (Å²) >= 11 is 0. The van der Waals surface area contributed by atoms with Crippen molar-refractivity contribution in [2.45, 2.75) is 39.2 Å². The van der Waals surface area contributed by atoms with E-state index < -0.39 is 17.5 Å². The average molecular weight is 337 g/mol. The molecule has 1 aromatic carbocycles. The fourth-order valence-electron chi connectivity index (χ4n) is 3.82. The second-order valence-corrected chi connectivity index (χ2v) is 7.39. The van der Waals surface area contributed by atoms with Crippen molar-refractivity contribution < 1.29 is 18.4 Å². The third kappa shape index (κ3) is 2.95. The smallest absolute Gasteiger partial charge is 0.324 e. The molecule has 130 valence electrons. The molecule has 0 aromatic heterocycles. The molecular formula is C17H21F2N3O2. The zero-order chi connectivity index (χ0) is 17.6. The first-order valence-corrected chi connectivity index (χ1v) is 8.02. The van der Waals surface area contributed by atoms with E-state index in [9.17, 15) is 18.4 Å². The SMILES string of the molecule is CC1(C)CC(CC(N)=O)N(C(=O)N2CCc3c(F)cc(F)cc32)C1. The van der Waals surface area contributed by atoms with Crippen LogP contribution in [0.15, 0.2) is 12.1 Å². The van der Waals surface area contributed by atoms with Crippen molar-refractivity contribution in [1.82, 2.24) is 4.90 Å². The Bertz CT molecular complexity index is 705. The topological polar surface area (TPSA) is 66.6 Å². The summed E-state index contributed by atoms with van der Waals surface area (Å²) < 4.78 is 27.4. The molecule has 0 spiro atoms. The Morgan fingerprint density at radius 2 is 2.04 bits per heavy atom. The zero-order valence-corrected chi connectivity index (χ0v) is 13.8. The van der Waals surface area contributed by atoms with Crippen molar-refractivity contribution in [3.05, 3.63) is 29.3 Å². The Kier molecular flexibility index (Phi) is 3.97. The maximum Gasteiger partial charge on any atom is 0.324 e. The molecule has 2 N–H and O–H groups in total. The average Bonchev–Trinajstić information content (AvgIpc) is 2.98. The largest absolute Gasteiger partial charge is 0.370 e. The van der Waals surface area contributed by atoms with Gasteiger partial charge in [0.1, 0.15) is 11.6 Å². The van der Waals surface area contributed by atoms with Gasteiger partial charge in [-0.25, -0.2) is 13.6 Å². The Hall–Kier alpha value is -2.18. The molecule has 0 radical (unpaired) electrons. The van der Waals surface area contributed by atoms with Gasteiger partial charge >= 0.3 is 6.03 Å². The molecular weight excluding hydrogens is 316 g/mol. The molecule has 7 heteroatoms. The van der Waals surface area contributed by atoms with Gasteiger partial charge in [0.25, 0.3) is 0 Å². The predicted molar refractivity (Wildman–Crippen MR) is 85.5 cm³/mol. The Labute approximate surface area is 139 Å². The number of hydrogen-bond acceptors (Lipinski definition) is 2. The van der Waals surface area contributed by atoms with E-state index in [1.165, 1.54) is 11.0 Å². The van der Waals surface area contributed by atoms with Crippen molar-refractivity contribution >= 4 is 17.6 Å². The minimum Gasteiger partial charge on any atom is -0.370 e. The summed E-state index contributed by atoms with van der Waals surface area (Å²) in [5.41, 5.74) is 5.80. The van der Waals surface area contributed by atoms with Gasteiger partial charge < -0.3 is 10.6 Å². The van der Waals surface area contributed by atoms with Crippen LogP contribution in [0.5, 0.6) is 0 Å². The molecule has 3 amide bonds. The molecule has 1 aromatic rings. The lowest BCUT2D eigenvalue weighted by atomic mass is 9.90. The van der Waals surface area contributed by atoms with Gasteiger partial charge in [0.05, 0.1) is 5.69 Å². The molecule has 1 atom stereocenters. The molecule has 1 fully saturated rings. The number of primary amides is 1. The molecule has 2 aliphatic heterocycles. The second-order valence-electron chi connectivity index (χ2n) is 7.39. The molecule has 24 heavy (non-hydrogen) atoms. The molecule has 2 heterocycles. The van der Waals surface area contributed by atoms with E-state index in [0.717, 1.165) is 6.07 Å². The number of anilines is 1. The predicted octanol–water partition coefficient (Wildman–Crippen LogP) is 2.42. The number of carbonyl (C=O) groups excluding carboxylic acids is 2. The number of carbonyl (C=O) groups is 2. The van der Waals surface area contributed by atoms with Crippen molar-refractivity contribution in [1.29, 1.82) is 0 Å². The number of nitrogens with zero attached hydrogens (tertiary/aromatic N) is 2. The van der Waals surface area contributed by atoms with Gasteiger partial charge in [-0.2, -0.15) is 0 Å². The first-order chi connectivity index (χ1) is 11.2. The molecule has 0 aliphatic carbocycles. The standard InChI is InChI=1S/C17H21F2N3O2/c1-17(2)8-11(7-15(20)23)22(9-17)16(24)21-4-3-12-13(19)5-10(18)6-14(12)21/h5-6,11H,3-4,7-9H2,1-2H3,(H2,20,23). The number of benzene rings is 1. The number of rotatable bonds is 2. The molecule has 2 aliphatic rings. The zero-order valence-electron chi connectivity index (χ0n) is 13.8. The van der Waals surface area contributed by atoms with Crippen molar-refractivity contribution in [3.63, 3.8) is 0 Å². The Balaban J connectivity index is 1.89. The number of fused-ring (bicyclic) bond motifs is 1. The fourth-order valence-corrected chi connectivity index (χ4v) is 3.82. The lowest BCUT2D eigenvalue weighted by Gasteiger charge is -2.29. The summed E-state index contributed by atoms with van der Waals surface area (Å²) in [7, 11) is 0. The lowest BCUT2D eigenvalue weighted by Crippen LogP contribution is -2.46. The normalized spacial score (nSPS) is 21.9. The van der Waals surface area contributed by atoms with Gasteiger partial charge in [-0.3, -0.25) is 9.69 Å². The second kappa shape index (κ2) is 5.72. The minimum atomic E-state index is -0.707. The number of halogens is 2. The van der Waals surface area contributed by atoms with Gasteiger partial charge in [0, 0.05) is 37.2 Å². The minimum absolute atomic E-state index is 0.0907. The first-order valence-electron chi connectivity index (χ1n) is 8.02. The first kappa shape index (κ1) is 16.7. The quantitative estimate of drug-likeness (QED) is 0.901. The van der Waals surface area contributed by atoms with E-state index in [1.807, 2.05) is 13.8 Å². The van der Waals surface area contributed by atoms with Crippen molar-refractivity contribution in [3.8, 4) is 0 Å². The number of urea groups is 1. The van der Waals surface area contributed by atoms with Gasteiger partial charge in [-0.15, -0.1) is 0 Å². The number of amides is 3. The van der Waals surface area contributed by atoms with Crippen molar-refractivity contribution in [2.24, 2.45) is 11.1 Å². The third-order valence-electron chi connectivity index (χ3n) is 4.75. The van der Waals surface area contributed by atoms with Crippen LogP contribution in [0.3, 0.4) is 0 Å². The summed E-state index contributed by atoms with van der Waals surface area (Å²) in [5, 5.41) is 0. The van der Waals surface area contributed by atoms with Crippen LogP contribution in [0, 0.1) is 17.0 Å². The summed E-state index contributed by atoms with van der Waals surface area (Å²) in [6, 6.07) is 1.41. The highest BCUT2D eigenvalue weighted by Crippen LogP contribution is 2.38. The molecule has 0 bridgehead atoms. The van der Waals surface area contributed by atoms with Crippen LogP contribution in [-0.2, 0) is 11.2 Å². The highest BCUT2D eigenvalue weighted by atomic mass is 19.1. The number of nitrogens with two attached hydrogens (primary N) is 1. The van der Waals surface area contributed by atoms with Gasteiger partial charge in [-0.05, 0) is 24.3 Å². The van der Waals surface area contributed by atoms with Crippen LogP contribution < -0.4 is 10.6 Å². The van der Waals surface area contributed by atoms with Crippen LogP contribution in [0.1, 0.15) is 32.3 Å². The molecule has 0 saturated carbocycles. The van der Waals surface area contributed by atoms with Crippen molar-refractivity contribution in [2.75, 3.05) is 18.0 Å². The van der Waals surface area contributed by atoms with Crippen LogP contribution in [-0.4, -0.2) is 36.0 Å². The Morgan fingerprint density at radius 3 is 2.71 bits per heavy atom. The van der Waals surface area contributed by atoms with E-state index in [2.05, 4.69) is 0 Å². The third-order valence-corrected chi connectivity index (χ3v) is 4.75. The van der Waals surface area contributed by atoms with E-state index in [4.69, 9.17) is 5.73 Å². The van der Waals surface area contributed by atoms with Gasteiger partial charge in [-0.1, -0.05) is 13.8 Å².